The number of hydrogen-bond acceptors (Lipinski definition) is 7. The van der Waals surface area contributed by atoms with Crippen LogP contribution in [-0.4, -0.2) is 29.4 Å². The van der Waals surface area contributed by atoms with Gasteiger partial charge in [-0.2, -0.15) is 0 Å². The Hall–Kier alpha value is -2.84. The molecule has 0 spiro atoms. The highest BCUT2D eigenvalue weighted by atomic mass is 32.2. The van der Waals surface area contributed by atoms with Gasteiger partial charge in [0.05, 0.1) is 11.5 Å². The Bertz CT molecular complexity index is 958. The van der Waals surface area contributed by atoms with Gasteiger partial charge in [0.25, 0.3) is 5.91 Å². The molecule has 29 heavy (non-hydrogen) atoms. The van der Waals surface area contributed by atoms with Crippen molar-refractivity contribution in [3.05, 3.63) is 64.6 Å². The summed E-state index contributed by atoms with van der Waals surface area (Å²) in [4.78, 5) is 23.7. The van der Waals surface area contributed by atoms with Gasteiger partial charge >= 0.3 is 5.97 Å². The molecule has 0 aliphatic carbocycles. The summed E-state index contributed by atoms with van der Waals surface area (Å²) in [5.41, 5.74) is 1.74. The van der Waals surface area contributed by atoms with Crippen LogP contribution in [-0.2, 0) is 20.9 Å². The predicted octanol–water partition coefficient (Wildman–Crippen LogP) is 3.70. The van der Waals surface area contributed by atoms with Crippen molar-refractivity contribution in [1.29, 1.82) is 0 Å². The van der Waals surface area contributed by atoms with Crippen LogP contribution in [0.3, 0.4) is 0 Å². The van der Waals surface area contributed by atoms with Crippen molar-refractivity contribution in [2.75, 3.05) is 13.2 Å². The molecular formula is C21H19NO5S2. The maximum Gasteiger partial charge on any atom is 0.344 e. The third kappa shape index (κ3) is 6.33. The molecule has 1 amide bonds. The summed E-state index contributed by atoms with van der Waals surface area (Å²) in [5.74, 6) is 0.641. The lowest BCUT2D eigenvalue weighted by Gasteiger charge is -2.10. The van der Waals surface area contributed by atoms with E-state index in [1.807, 2.05) is 42.5 Å². The predicted molar refractivity (Wildman–Crippen MR) is 116 cm³/mol. The lowest BCUT2D eigenvalue weighted by Crippen LogP contribution is -2.17. The number of esters is 1. The lowest BCUT2D eigenvalue weighted by molar-refractivity contribution is -0.145. The SMILES string of the molecule is CCOC(=O)COc1cccc(COc2cccc(C=C3SC(=S)NC3=O)c2)c1. The molecule has 1 fully saturated rings. The second kappa shape index (κ2) is 10.1. The van der Waals surface area contributed by atoms with Gasteiger partial charge in [0, 0.05) is 0 Å². The molecule has 0 atom stereocenters. The average Bonchev–Trinajstić information content (AvgIpc) is 3.02. The summed E-state index contributed by atoms with van der Waals surface area (Å²) in [5, 5.41) is 2.59. The van der Waals surface area contributed by atoms with Crippen molar-refractivity contribution >= 4 is 46.3 Å². The van der Waals surface area contributed by atoms with E-state index in [9.17, 15) is 9.59 Å². The molecule has 1 aliphatic heterocycles. The molecule has 3 rings (SSSR count). The van der Waals surface area contributed by atoms with Gasteiger partial charge in [-0.15, -0.1) is 0 Å². The van der Waals surface area contributed by atoms with Crippen molar-refractivity contribution in [1.82, 2.24) is 5.32 Å². The maximum atomic E-state index is 11.8. The maximum absolute atomic E-state index is 11.8. The Morgan fingerprint density at radius 1 is 1.14 bits per heavy atom. The van der Waals surface area contributed by atoms with E-state index in [0.29, 0.717) is 33.9 Å². The van der Waals surface area contributed by atoms with Crippen LogP contribution in [0.5, 0.6) is 11.5 Å². The minimum Gasteiger partial charge on any atom is -0.489 e. The zero-order chi connectivity index (χ0) is 20.6. The van der Waals surface area contributed by atoms with Gasteiger partial charge in [-0.05, 0) is 48.4 Å². The minimum atomic E-state index is -0.407. The van der Waals surface area contributed by atoms with Crippen LogP contribution in [0.15, 0.2) is 53.4 Å². The van der Waals surface area contributed by atoms with Gasteiger partial charge in [-0.3, -0.25) is 4.79 Å². The Labute approximate surface area is 178 Å². The van der Waals surface area contributed by atoms with Crippen molar-refractivity contribution in [3.8, 4) is 11.5 Å². The van der Waals surface area contributed by atoms with E-state index in [4.69, 9.17) is 26.4 Å². The second-order valence-corrected chi connectivity index (χ2v) is 7.67. The van der Waals surface area contributed by atoms with E-state index in [0.717, 1.165) is 11.1 Å². The van der Waals surface area contributed by atoms with Crippen LogP contribution in [0, 0.1) is 0 Å². The topological polar surface area (TPSA) is 73.9 Å². The molecule has 0 radical (unpaired) electrons. The molecule has 0 bridgehead atoms. The van der Waals surface area contributed by atoms with Crippen LogP contribution in [0.25, 0.3) is 6.08 Å². The average molecular weight is 430 g/mol. The van der Waals surface area contributed by atoms with Gasteiger partial charge < -0.3 is 19.5 Å². The number of ether oxygens (including phenoxy) is 3. The summed E-state index contributed by atoms with van der Waals surface area (Å²) >= 11 is 6.24. The number of amides is 1. The Morgan fingerprint density at radius 2 is 1.90 bits per heavy atom. The Morgan fingerprint density at radius 3 is 2.62 bits per heavy atom. The normalized spacial score (nSPS) is 14.6. The lowest BCUT2D eigenvalue weighted by atomic mass is 10.2. The van der Waals surface area contributed by atoms with E-state index in [-0.39, 0.29) is 12.5 Å². The summed E-state index contributed by atoms with van der Waals surface area (Å²) in [6.07, 6.45) is 1.77. The van der Waals surface area contributed by atoms with Crippen LogP contribution in [0.2, 0.25) is 0 Å². The van der Waals surface area contributed by atoms with Crippen molar-refractivity contribution in [2.24, 2.45) is 0 Å². The first kappa shape index (κ1) is 20.9. The number of carbonyl (C=O) groups excluding carboxylic acids is 2. The number of thiocarbonyl (C=S) groups is 1. The number of rotatable bonds is 8. The minimum absolute atomic E-state index is 0.135. The van der Waals surface area contributed by atoms with Crippen molar-refractivity contribution < 1.29 is 23.8 Å². The molecule has 1 saturated heterocycles. The smallest absolute Gasteiger partial charge is 0.344 e. The molecule has 0 aromatic heterocycles. The summed E-state index contributed by atoms with van der Waals surface area (Å²) in [6, 6.07) is 14.8. The van der Waals surface area contributed by atoms with E-state index in [1.54, 1.807) is 19.1 Å². The molecule has 2 aromatic rings. The van der Waals surface area contributed by atoms with Crippen molar-refractivity contribution in [2.45, 2.75) is 13.5 Å². The van der Waals surface area contributed by atoms with E-state index in [2.05, 4.69) is 5.32 Å². The van der Waals surface area contributed by atoms with E-state index >= 15 is 0 Å². The molecule has 6 nitrogen and oxygen atoms in total. The number of nitrogens with one attached hydrogen (secondary N) is 1. The number of thioether (sulfide) groups is 1. The molecule has 1 heterocycles. The standard InChI is InChI=1S/C21H19NO5S2/c1-2-25-19(23)13-27-17-8-4-6-15(10-17)12-26-16-7-3-5-14(9-16)11-18-20(24)22-21(28)29-18/h3-11H,2,12-13H2,1H3,(H,22,24,28). The highest BCUT2D eigenvalue weighted by molar-refractivity contribution is 8.26. The molecule has 0 unspecified atom stereocenters. The number of hydrogen-bond donors (Lipinski definition) is 1. The highest BCUT2D eigenvalue weighted by Crippen LogP contribution is 2.27. The van der Waals surface area contributed by atoms with Gasteiger partial charge in [0.15, 0.2) is 6.61 Å². The molecule has 1 N–H and O–H groups in total. The van der Waals surface area contributed by atoms with E-state index in [1.165, 1.54) is 11.8 Å². The van der Waals surface area contributed by atoms with Gasteiger partial charge in [0.2, 0.25) is 0 Å². The fourth-order valence-corrected chi connectivity index (χ4v) is 3.55. The summed E-state index contributed by atoms with van der Waals surface area (Å²) in [7, 11) is 0. The first-order valence-electron chi connectivity index (χ1n) is 8.88. The van der Waals surface area contributed by atoms with Crippen LogP contribution in [0.4, 0.5) is 0 Å². The quantitative estimate of drug-likeness (QED) is 0.390. The molecule has 8 heteroatoms. The number of carbonyl (C=O) groups is 2. The first-order chi connectivity index (χ1) is 14.0. The monoisotopic (exact) mass is 429 g/mol. The number of benzene rings is 2. The van der Waals surface area contributed by atoms with Gasteiger partial charge in [-0.1, -0.05) is 48.2 Å². The molecule has 1 aliphatic rings. The Kier molecular flexibility index (Phi) is 7.26. The second-order valence-electron chi connectivity index (χ2n) is 5.95. The van der Waals surface area contributed by atoms with Gasteiger partial charge in [-0.25, -0.2) is 4.79 Å². The highest BCUT2D eigenvalue weighted by Gasteiger charge is 2.21. The largest absolute Gasteiger partial charge is 0.489 e. The zero-order valence-electron chi connectivity index (χ0n) is 15.7. The molecule has 2 aromatic carbocycles. The van der Waals surface area contributed by atoms with E-state index < -0.39 is 5.97 Å². The van der Waals surface area contributed by atoms with Crippen LogP contribution >= 0.6 is 24.0 Å². The first-order valence-corrected chi connectivity index (χ1v) is 10.1. The van der Waals surface area contributed by atoms with Crippen LogP contribution in [0.1, 0.15) is 18.1 Å². The summed E-state index contributed by atoms with van der Waals surface area (Å²) in [6.45, 7) is 2.26. The Balaban J connectivity index is 1.60. The van der Waals surface area contributed by atoms with Crippen LogP contribution < -0.4 is 14.8 Å². The third-order valence-electron chi connectivity index (χ3n) is 3.76. The fraction of sp³-hybridized carbons (Fsp3) is 0.190. The summed E-state index contributed by atoms with van der Waals surface area (Å²) < 4.78 is 16.6. The fourth-order valence-electron chi connectivity index (χ4n) is 2.50. The van der Waals surface area contributed by atoms with Crippen molar-refractivity contribution in [3.63, 3.8) is 0 Å². The zero-order valence-corrected chi connectivity index (χ0v) is 17.3. The molecule has 150 valence electrons. The van der Waals surface area contributed by atoms with Gasteiger partial charge in [0.1, 0.15) is 22.4 Å². The molecule has 0 saturated carbocycles. The third-order valence-corrected chi connectivity index (χ3v) is 4.93. The molecular weight excluding hydrogens is 410 g/mol.